The highest BCUT2D eigenvalue weighted by atomic mass is 32.2. The molecule has 0 bridgehead atoms. The fourth-order valence-corrected chi connectivity index (χ4v) is 13.4. The molecule has 14 heteroatoms. The number of carbonyl (C=O) groups excluding carboxylic acids is 5. The smallest absolute Gasteiger partial charge is 0.342 e. The minimum Gasteiger partial charge on any atom is -0.467 e. The van der Waals surface area contributed by atoms with Crippen molar-refractivity contribution in [2.45, 2.75) is 213 Å². The molecule has 75 heavy (non-hydrogen) atoms. The predicted octanol–water partition coefficient (Wildman–Crippen LogP) is 14.5. The summed E-state index contributed by atoms with van der Waals surface area (Å²) in [5, 5.41) is 5.80. The Bertz CT molecular complexity index is 2180. The molecule has 2 heterocycles. The molecule has 0 saturated heterocycles. The Balaban J connectivity index is 1.96. The summed E-state index contributed by atoms with van der Waals surface area (Å²) in [4.78, 5) is 77.9. The summed E-state index contributed by atoms with van der Waals surface area (Å²) in [6, 6.07) is 0. The average molecular weight is 1080 g/mol. The number of aromatic nitrogens is 1. The number of nitrogens with one attached hydrogen (secondary N) is 3. The number of esters is 2. The molecular formula is C61H100N4O8S2. The van der Waals surface area contributed by atoms with E-state index in [9.17, 15) is 14.4 Å². The molecular weight excluding hydrogens is 981 g/mol. The Kier molecular flexibility index (Phi) is 23.0. The number of allylic oxidation sites excluding steroid dienone is 1. The summed E-state index contributed by atoms with van der Waals surface area (Å²) in [6.07, 6.45) is 7.37. The number of ether oxygens (including phenoxy) is 3. The van der Waals surface area contributed by atoms with Gasteiger partial charge in [0, 0.05) is 41.5 Å². The molecule has 3 aliphatic rings. The minimum atomic E-state index is -0.512. The summed E-state index contributed by atoms with van der Waals surface area (Å²) < 4.78 is 18.6. The fraction of sp³-hybridized carbons (Fsp3) is 0.770. The van der Waals surface area contributed by atoms with E-state index in [1.165, 1.54) is 0 Å². The van der Waals surface area contributed by atoms with Gasteiger partial charge in [0.25, 0.3) is 6.47 Å². The Morgan fingerprint density at radius 1 is 0.707 bits per heavy atom. The van der Waals surface area contributed by atoms with E-state index in [2.05, 4.69) is 119 Å². The van der Waals surface area contributed by atoms with Crippen LogP contribution in [0.4, 0.5) is 5.82 Å². The van der Waals surface area contributed by atoms with Crippen LogP contribution in [0.3, 0.4) is 0 Å². The number of unbranched alkanes of at least 4 members (excludes halogenated alkanes) is 1. The first-order valence-electron chi connectivity index (χ1n) is 28.3. The number of nitrogens with zero attached hydrogens (tertiary/aromatic N) is 1. The van der Waals surface area contributed by atoms with Gasteiger partial charge in [0.1, 0.15) is 41.6 Å². The third-order valence-electron chi connectivity index (χ3n) is 15.9. The highest BCUT2D eigenvalue weighted by molar-refractivity contribution is 8.00. The van der Waals surface area contributed by atoms with E-state index < -0.39 is 17.2 Å². The lowest BCUT2D eigenvalue weighted by molar-refractivity contribution is -0.164. The van der Waals surface area contributed by atoms with Crippen LogP contribution in [0.25, 0.3) is 6.08 Å². The summed E-state index contributed by atoms with van der Waals surface area (Å²) in [5.41, 5.74) is 2.20. The van der Waals surface area contributed by atoms with E-state index in [-0.39, 0.29) is 110 Å². The first-order valence-corrected chi connectivity index (χ1v) is 30.5. The number of amidine groups is 1. The highest BCUT2D eigenvalue weighted by Crippen LogP contribution is 2.52. The fourth-order valence-electron chi connectivity index (χ4n) is 11.8. The van der Waals surface area contributed by atoms with Gasteiger partial charge in [-0.3, -0.25) is 14.4 Å². The van der Waals surface area contributed by atoms with Crippen LogP contribution >= 0.6 is 23.5 Å². The zero-order chi connectivity index (χ0) is 56.5. The number of rotatable bonds is 21. The van der Waals surface area contributed by atoms with E-state index in [0.29, 0.717) is 59.6 Å². The van der Waals surface area contributed by atoms with E-state index in [4.69, 9.17) is 19.2 Å². The Morgan fingerprint density at radius 2 is 1.21 bits per heavy atom. The normalized spacial score (nSPS) is 24.8. The van der Waals surface area contributed by atoms with Crippen molar-refractivity contribution in [2.75, 3.05) is 29.2 Å². The molecule has 12 nitrogen and oxygen atoms in total. The molecule has 1 aliphatic heterocycles. The molecule has 1 aromatic rings. The van der Waals surface area contributed by atoms with E-state index in [0.717, 1.165) is 50.0 Å². The zero-order valence-electron chi connectivity index (χ0n) is 50.0. The number of H-pyrrole nitrogens is 1. The summed E-state index contributed by atoms with van der Waals surface area (Å²) in [5.74, 6) is 2.00. The lowest BCUT2D eigenvalue weighted by atomic mass is 9.59. The maximum Gasteiger partial charge on any atom is 0.342 e. The summed E-state index contributed by atoms with van der Waals surface area (Å²) >= 11 is 3.22. The average Bonchev–Trinajstić information content (AvgIpc) is 3.83. The molecule has 0 spiro atoms. The Hall–Kier alpha value is -3.52. The van der Waals surface area contributed by atoms with Crippen molar-refractivity contribution in [1.29, 1.82) is 0 Å². The maximum absolute atomic E-state index is 15.4. The van der Waals surface area contributed by atoms with Crippen molar-refractivity contribution in [1.82, 2.24) is 10.3 Å². The molecule has 2 saturated carbocycles. The van der Waals surface area contributed by atoms with E-state index in [1.54, 1.807) is 23.5 Å². The van der Waals surface area contributed by atoms with Gasteiger partial charge >= 0.3 is 11.9 Å². The minimum absolute atomic E-state index is 0.0918. The SMILES string of the molecule is CCCSC(C)C(=O)NC1=NC(=Cc2[nH]c(NC(=O)CCCCSCCOC=O)c(C(=O)OC3C(C(C)(C)C)CC(C)CC3C(C)(C)C)c2C(C)C)C(C(C)C)=C1C(=O)OC1C(C(C)(C)C)CC(C)CC1C(C)(C)C. The van der Waals surface area contributed by atoms with Crippen LogP contribution in [0.15, 0.2) is 21.8 Å². The number of carbonyl (C=O) groups is 5. The molecule has 5 atom stereocenters. The third-order valence-corrected chi connectivity index (χ3v) is 18.3. The Labute approximate surface area is 461 Å². The van der Waals surface area contributed by atoms with Gasteiger partial charge in [-0.05, 0) is 126 Å². The van der Waals surface area contributed by atoms with Gasteiger partial charge in [0.05, 0.1) is 10.9 Å². The van der Waals surface area contributed by atoms with Crippen molar-refractivity contribution in [3.8, 4) is 0 Å². The molecule has 0 radical (unpaired) electrons. The van der Waals surface area contributed by atoms with Crippen LogP contribution in [0.2, 0.25) is 0 Å². The monoisotopic (exact) mass is 1080 g/mol. The third kappa shape index (κ3) is 17.2. The van der Waals surface area contributed by atoms with E-state index >= 15 is 9.59 Å². The molecule has 2 aliphatic carbocycles. The zero-order valence-corrected chi connectivity index (χ0v) is 51.7. The summed E-state index contributed by atoms with van der Waals surface area (Å²) in [7, 11) is 0. The van der Waals surface area contributed by atoms with Crippen LogP contribution in [0.1, 0.15) is 217 Å². The predicted molar refractivity (Wildman–Crippen MR) is 312 cm³/mol. The second kappa shape index (κ2) is 26.9. The van der Waals surface area contributed by atoms with Crippen LogP contribution in [-0.4, -0.2) is 82.4 Å². The molecule has 5 unspecified atom stereocenters. The van der Waals surface area contributed by atoms with Crippen molar-refractivity contribution in [2.24, 2.45) is 68.1 Å². The quantitative estimate of drug-likeness (QED) is 0.0467. The topological polar surface area (TPSA) is 165 Å². The van der Waals surface area contributed by atoms with E-state index in [1.807, 2.05) is 40.7 Å². The van der Waals surface area contributed by atoms with Gasteiger partial charge in [-0.15, -0.1) is 11.8 Å². The van der Waals surface area contributed by atoms with Crippen LogP contribution in [0, 0.1) is 63.1 Å². The lowest BCUT2D eigenvalue weighted by Crippen LogP contribution is -2.50. The highest BCUT2D eigenvalue weighted by Gasteiger charge is 2.50. The number of hydrogen-bond acceptors (Lipinski definition) is 11. The Morgan fingerprint density at radius 3 is 1.67 bits per heavy atom. The lowest BCUT2D eigenvalue weighted by Gasteiger charge is -2.50. The van der Waals surface area contributed by atoms with Crippen LogP contribution in [0.5, 0.6) is 0 Å². The molecule has 1 aromatic heterocycles. The van der Waals surface area contributed by atoms with Gasteiger partial charge in [-0.2, -0.15) is 11.8 Å². The number of thioether (sulfide) groups is 2. The second-order valence-electron chi connectivity index (χ2n) is 27.2. The van der Waals surface area contributed by atoms with Crippen molar-refractivity contribution >= 4 is 71.5 Å². The maximum atomic E-state index is 15.4. The first-order chi connectivity index (χ1) is 34.7. The molecule has 4 rings (SSSR count). The molecule has 2 fully saturated rings. The first kappa shape index (κ1) is 64.0. The molecule has 0 aromatic carbocycles. The largest absolute Gasteiger partial charge is 0.467 e. The van der Waals surface area contributed by atoms with Gasteiger partial charge in [-0.1, -0.05) is 132 Å². The van der Waals surface area contributed by atoms with Crippen LogP contribution in [-0.2, 0) is 33.4 Å². The van der Waals surface area contributed by atoms with Gasteiger partial charge in [-0.25, -0.2) is 14.6 Å². The van der Waals surface area contributed by atoms with Crippen molar-refractivity contribution < 1.29 is 38.2 Å². The standard InChI is InChI=1S/C61H100N4O8S2/c1-21-26-75-39(8)55(68)65-54-50(57(70)73-52-42(60(15,16)17)31-38(7)32-43(52)61(18,19)20)48(36(4)5)45(63-54)33-44-47(35(2)3)49(53(62-44)64-46(67)24-22-23-27-74-28-25-71-34-66)56(69)72-51-40(58(9,10)11)29-37(6)30-41(51)59(12,13)14/h33-43,51-52,62H,21-32H2,1-20H3,(H,64,67)(H,63,65,68). The molecule has 2 amide bonds. The number of aromatic amines is 1. The molecule has 3 N–H and O–H groups in total. The van der Waals surface area contributed by atoms with Gasteiger partial charge < -0.3 is 29.8 Å². The second-order valence-corrected chi connectivity index (χ2v) is 29.8. The molecule has 424 valence electrons. The summed E-state index contributed by atoms with van der Waals surface area (Å²) in [6.45, 7) is 44.2. The van der Waals surface area contributed by atoms with Gasteiger partial charge in [0.2, 0.25) is 11.8 Å². The van der Waals surface area contributed by atoms with Crippen molar-refractivity contribution in [3.63, 3.8) is 0 Å². The number of aliphatic imine (C=N–C) groups is 1. The van der Waals surface area contributed by atoms with Crippen molar-refractivity contribution in [3.05, 3.63) is 33.7 Å². The van der Waals surface area contributed by atoms with Gasteiger partial charge in [0.15, 0.2) is 0 Å². The van der Waals surface area contributed by atoms with Crippen LogP contribution < -0.4 is 10.6 Å². The number of amides is 2. The number of hydrogen-bond donors (Lipinski definition) is 3. The number of anilines is 1.